The van der Waals surface area contributed by atoms with Gasteiger partial charge in [0.15, 0.2) is 11.5 Å². The predicted octanol–water partition coefficient (Wildman–Crippen LogP) is 2.07. The van der Waals surface area contributed by atoms with Crippen LogP contribution in [0, 0.1) is 15.5 Å². The quantitative estimate of drug-likeness (QED) is 0.375. The van der Waals surface area contributed by atoms with Crippen molar-refractivity contribution in [3.63, 3.8) is 0 Å². The highest BCUT2D eigenvalue weighted by Crippen LogP contribution is 2.34. The van der Waals surface area contributed by atoms with Gasteiger partial charge in [0.05, 0.1) is 23.7 Å². The molecule has 2 aromatic rings. The van der Waals surface area contributed by atoms with Crippen LogP contribution in [0.3, 0.4) is 0 Å². The van der Waals surface area contributed by atoms with Crippen molar-refractivity contribution in [3.05, 3.63) is 52.2 Å². The number of benzene rings is 1. The number of nitrogen functional groups attached to an aromatic ring is 1. The molecule has 108 valence electrons. The molecule has 21 heavy (non-hydrogen) atoms. The second kappa shape index (κ2) is 5.87. The number of nitrogens with zero attached hydrogens (tertiary/aromatic N) is 2. The van der Waals surface area contributed by atoms with Gasteiger partial charge in [-0.3, -0.25) is 15.5 Å². The summed E-state index contributed by atoms with van der Waals surface area (Å²) in [6.45, 7) is 0. The van der Waals surface area contributed by atoms with Crippen LogP contribution in [0.5, 0.6) is 17.4 Å². The van der Waals surface area contributed by atoms with Crippen molar-refractivity contribution in [1.29, 1.82) is 5.41 Å². The molecule has 1 heterocycles. The number of nitro groups is 1. The van der Waals surface area contributed by atoms with E-state index in [2.05, 4.69) is 4.98 Å². The molecule has 0 aliphatic heterocycles. The molecular formula is C13H12N4O4. The molecule has 3 N–H and O–H groups in total. The van der Waals surface area contributed by atoms with Crippen molar-refractivity contribution in [2.45, 2.75) is 0 Å². The summed E-state index contributed by atoms with van der Waals surface area (Å²) in [7, 11) is 1.37. The van der Waals surface area contributed by atoms with Gasteiger partial charge in [-0.2, -0.15) is 0 Å². The molecule has 0 aliphatic rings. The third-order valence-electron chi connectivity index (χ3n) is 2.63. The fourth-order valence-corrected chi connectivity index (χ4v) is 1.64. The lowest BCUT2D eigenvalue weighted by molar-refractivity contribution is -0.384. The van der Waals surface area contributed by atoms with Crippen LogP contribution in [-0.4, -0.2) is 22.9 Å². The van der Waals surface area contributed by atoms with Gasteiger partial charge in [0, 0.05) is 12.3 Å². The molecule has 0 aliphatic carbocycles. The predicted molar refractivity (Wildman–Crippen MR) is 75.0 cm³/mol. The van der Waals surface area contributed by atoms with Crippen molar-refractivity contribution in [3.8, 4) is 17.4 Å². The number of hydrogen-bond acceptors (Lipinski definition) is 6. The lowest BCUT2D eigenvalue weighted by atomic mass is 10.2. The zero-order chi connectivity index (χ0) is 15.4. The third kappa shape index (κ3) is 3.06. The van der Waals surface area contributed by atoms with E-state index in [0.29, 0.717) is 5.56 Å². The van der Waals surface area contributed by atoms with E-state index in [4.69, 9.17) is 20.6 Å². The zero-order valence-corrected chi connectivity index (χ0v) is 11.1. The Kier molecular flexibility index (Phi) is 3.98. The minimum atomic E-state index is -0.534. The van der Waals surface area contributed by atoms with Gasteiger partial charge in [0.1, 0.15) is 5.84 Å². The first kappa shape index (κ1) is 14.3. The van der Waals surface area contributed by atoms with Crippen LogP contribution >= 0.6 is 0 Å². The van der Waals surface area contributed by atoms with Gasteiger partial charge >= 0.3 is 0 Å². The minimum Gasteiger partial charge on any atom is -0.493 e. The second-order valence-corrected chi connectivity index (χ2v) is 3.96. The van der Waals surface area contributed by atoms with E-state index in [1.165, 1.54) is 31.5 Å². The van der Waals surface area contributed by atoms with E-state index in [9.17, 15) is 10.1 Å². The van der Waals surface area contributed by atoms with E-state index >= 15 is 0 Å². The van der Waals surface area contributed by atoms with Crippen LogP contribution in [-0.2, 0) is 0 Å². The average Bonchev–Trinajstić information content (AvgIpc) is 2.47. The van der Waals surface area contributed by atoms with E-state index in [1.54, 1.807) is 12.1 Å². The van der Waals surface area contributed by atoms with E-state index in [1.807, 2.05) is 0 Å². The first-order valence-corrected chi connectivity index (χ1v) is 5.82. The van der Waals surface area contributed by atoms with Gasteiger partial charge in [-0.1, -0.05) is 0 Å². The van der Waals surface area contributed by atoms with Crippen LogP contribution in [0.2, 0.25) is 0 Å². The topological polar surface area (TPSA) is 124 Å². The number of non-ortho nitro benzene ring substituents is 1. The number of aromatic nitrogens is 1. The molecule has 1 aromatic heterocycles. The summed E-state index contributed by atoms with van der Waals surface area (Å²) in [5.41, 5.74) is 5.64. The molecule has 0 atom stereocenters. The molecule has 8 heteroatoms. The van der Waals surface area contributed by atoms with Crippen molar-refractivity contribution < 1.29 is 14.4 Å². The molecule has 0 saturated heterocycles. The summed E-state index contributed by atoms with van der Waals surface area (Å²) in [4.78, 5) is 14.2. The first-order valence-electron chi connectivity index (χ1n) is 5.82. The van der Waals surface area contributed by atoms with Crippen molar-refractivity contribution in [2.75, 3.05) is 7.11 Å². The zero-order valence-electron chi connectivity index (χ0n) is 11.1. The summed E-state index contributed by atoms with van der Waals surface area (Å²) in [5.74, 6) is 0.352. The van der Waals surface area contributed by atoms with Gasteiger partial charge in [0.25, 0.3) is 5.69 Å². The summed E-state index contributed by atoms with van der Waals surface area (Å²) in [6.07, 6.45) is 1.49. The van der Waals surface area contributed by atoms with Crippen LogP contribution in [0.15, 0.2) is 36.5 Å². The SMILES string of the molecule is COc1cc([N+](=O)[O-])ccc1Oc1ncccc1C(=N)N. The lowest BCUT2D eigenvalue weighted by Gasteiger charge is -2.11. The number of nitro benzene ring substituents is 1. The van der Waals surface area contributed by atoms with E-state index in [0.717, 1.165) is 0 Å². The fraction of sp³-hybridized carbons (Fsp3) is 0.0769. The number of hydrogen-bond donors (Lipinski definition) is 2. The number of amidine groups is 1. The summed E-state index contributed by atoms with van der Waals surface area (Å²) in [5, 5.41) is 18.2. The molecule has 0 fully saturated rings. The smallest absolute Gasteiger partial charge is 0.273 e. The first-order chi connectivity index (χ1) is 10.0. The maximum Gasteiger partial charge on any atom is 0.273 e. The maximum atomic E-state index is 10.7. The fourth-order valence-electron chi connectivity index (χ4n) is 1.64. The van der Waals surface area contributed by atoms with Crippen LogP contribution in [0.1, 0.15) is 5.56 Å². The standard InChI is InChI=1S/C13H12N4O4/c1-20-11-7-8(17(18)19)4-5-10(11)21-13-9(12(14)15)3-2-6-16-13/h2-7H,1H3,(H3,14,15). The van der Waals surface area contributed by atoms with Gasteiger partial charge in [-0.15, -0.1) is 0 Å². The van der Waals surface area contributed by atoms with Gasteiger partial charge in [0.2, 0.25) is 5.88 Å². The van der Waals surface area contributed by atoms with Gasteiger partial charge in [-0.05, 0) is 18.2 Å². The number of pyridine rings is 1. The highest BCUT2D eigenvalue weighted by atomic mass is 16.6. The molecule has 0 saturated carbocycles. The van der Waals surface area contributed by atoms with E-state index in [-0.39, 0.29) is 28.9 Å². The molecule has 0 amide bonds. The monoisotopic (exact) mass is 288 g/mol. The van der Waals surface area contributed by atoms with Gasteiger partial charge < -0.3 is 15.2 Å². The van der Waals surface area contributed by atoms with Crippen LogP contribution in [0.4, 0.5) is 5.69 Å². The molecule has 0 spiro atoms. The highest BCUT2D eigenvalue weighted by molar-refractivity contribution is 5.97. The van der Waals surface area contributed by atoms with Gasteiger partial charge in [-0.25, -0.2) is 4.98 Å². The molecule has 0 radical (unpaired) electrons. The number of rotatable bonds is 5. The van der Waals surface area contributed by atoms with Crippen molar-refractivity contribution in [1.82, 2.24) is 4.98 Å². The van der Waals surface area contributed by atoms with Crippen molar-refractivity contribution in [2.24, 2.45) is 5.73 Å². The molecule has 0 unspecified atom stereocenters. The Morgan fingerprint density at radius 3 is 2.76 bits per heavy atom. The average molecular weight is 288 g/mol. The minimum absolute atomic E-state index is 0.119. The van der Waals surface area contributed by atoms with Crippen LogP contribution in [0.25, 0.3) is 0 Å². The molecule has 2 rings (SSSR count). The summed E-state index contributed by atoms with van der Waals surface area (Å²) in [6, 6.07) is 7.13. The number of ether oxygens (including phenoxy) is 2. The number of nitrogens with one attached hydrogen (secondary N) is 1. The second-order valence-electron chi connectivity index (χ2n) is 3.96. The molecule has 8 nitrogen and oxygen atoms in total. The Morgan fingerprint density at radius 2 is 2.14 bits per heavy atom. The number of methoxy groups -OCH3 is 1. The largest absolute Gasteiger partial charge is 0.493 e. The normalized spacial score (nSPS) is 9.95. The maximum absolute atomic E-state index is 10.7. The highest BCUT2D eigenvalue weighted by Gasteiger charge is 2.15. The van der Waals surface area contributed by atoms with Crippen LogP contribution < -0.4 is 15.2 Å². The Morgan fingerprint density at radius 1 is 1.38 bits per heavy atom. The third-order valence-corrected chi connectivity index (χ3v) is 2.63. The summed E-state index contributed by atoms with van der Waals surface area (Å²) < 4.78 is 10.6. The Labute approximate surface area is 119 Å². The Balaban J connectivity index is 2.40. The Hall–Kier alpha value is -3.16. The molecule has 0 bridgehead atoms. The lowest BCUT2D eigenvalue weighted by Crippen LogP contribution is -2.13. The Bertz CT molecular complexity index is 702. The van der Waals surface area contributed by atoms with Crippen molar-refractivity contribution >= 4 is 11.5 Å². The molecular weight excluding hydrogens is 276 g/mol. The molecule has 1 aromatic carbocycles. The van der Waals surface area contributed by atoms with E-state index < -0.39 is 4.92 Å². The summed E-state index contributed by atoms with van der Waals surface area (Å²) >= 11 is 0. The number of nitrogens with two attached hydrogens (primary N) is 1.